The van der Waals surface area contributed by atoms with E-state index in [4.69, 9.17) is 4.74 Å². The molecule has 0 amide bonds. The van der Waals surface area contributed by atoms with Crippen LogP contribution in [0.3, 0.4) is 0 Å². The number of fused-ring (bicyclic) bond motifs is 3. The summed E-state index contributed by atoms with van der Waals surface area (Å²) < 4.78 is 8.36. The fraction of sp³-hybridized carbons (Fsp3) is 0.545. The molecule has 1 aromatic heterocycles. The highest BCUT2D eigenvalue weighted by Crippen LogP contribution is 2.43. The highest BCUT2D eigenvalue weighted by atomic mass is 16.5. The lowest BCUT2D eigenvalue weighted by Crippen LogP contribution is -2.39. The Morgan fingerprint density at radius 3 is 2.78 bits per heavy atom. The van der Waals surface area contributed by atoms with Gasteiger partial charge in [0.1, 0.15) is 6.10 Å². The van der Waals surface area contributed by atoms with Crippen LogP contribution in [0.2, 0.25) is 0 Å². The minimum absolute atomic E-state index is 0.0785. The summed E-state index contributed by atoms with van der Waals surface area (Å²) in [7, 11) is 0. The number of nitrogens with zero attached hydrogens (tertiary/aromatic N) is 2. The highest BCUT2D eigenvalue weighted by Gasteiger charge is 2.36. The molecule has 0 saturated carbocycles. The maximum Gasteiger partial charge on any atom is 0.311 e. The SMILES string of the molecule is CC(C)(C)C(=O)O[C@@H](C[C@H]1c2ccccc2-c2cncn21)C1CCNCC1. The van der Waals surface area contributed by atoms with Crippen molar-refractivity contribution in [3.63, 3.8) is 0 Å². The van der Waals surface area contributed by atoms with Gasteiger partial charge in [0.15, 0.2) is 0 Å². The van der Waals surface area contributed by atoms with Crippen LogP contribution >= 0.6 is 0 Å². The summed E-state index contributed by atoms with van der Waals surface area (Å²) in [5.41, 5.74) is 3.22. The molecule has 0 radical (unpaired) electrons. The summed E-state index contributed by atoms with van der Waals surface area (Å²) in [6.07, 6.45) is 6.66. The van der Waals surface area contributed by atoms with Crippen LogP contribution in [0, 0.1) is 11.3 Å². The van der Waals surface area contributed by atoms with Crippen LogP contribution < -0.4 is 5.32 Å². The third-order valence-corrected chi connectivity index (χ3v) is 5.83. The molecular weight excluding hydrogens is 338 g/mol. The number of hydrogen-bond acceptors (Lipinski definition) is 4. The van der Waals surface area contributed by atoms with Gasteiger partial charge in [0, 0.05) is 12.0 Å². The van der Waals surface area contributed by atoms with Gasteiger partial charge in [0.25, 0.3) is 0 Å². The fourth-order valence-electron chi connectivity index (χ4n) is 4.26. The first-order valence-corrected chi connectivity index (χ1v) is 9.98. The van der Waals surface area contributed by atoms with E-state index in [1.807, 2.05) is 33.3 Å². The predicted molar refractivity (Wildman–Crippen MR) is 105 cm³/mol. The van der Waals surface area contributed by atoms with Crippen molar-refractivity contribution in [1.82, 2.24) is 14.9 Å². The molecule has 2 aromatic rings. The Morgan fingerprint density at radius 2 is 2.04 bits per heavy atom. The highest BCUT2D eigenvalue weighted by molar-refractivity contribution is 5.75. The number of ether oxygens (including phenoxy) is 1. The van der Waals surface area contributed by atoms with Gasteiger partial charge in [-0.25, -0.2) is 4.98 Å². The molecule has 3 heterocycles. The maximum atomic E-state index is 12.7. The third-order valence-electron chi connectivity index (χ3n) is 5.83. The van der Waals surface area contributed by atoms with Crippen LogP contribution in [-0.4, -0.2) is 34.7 Å². The van der Waals surface area contributed by atoms with Crippen LogP contribution in [0.4, 0.5) is 0 Å². The van der Waals surface area contributed by atoms with Crippen molar-refractivity contribution in [3.8, 4) is 11.3 Å². The van der Waals surface area contributed by atoms with E-state index in [1.54, 1.807) is 0 Å². The average Bonchev–Trinajstić information content (AvgIpc) is 3.23. The Balaban J connectivity index is 1.62. The van der Waals surface area contributed by atoms with Crippen molar-refractivity contribution in [1.29, 1.82) is 0 Å². The minimum Gasteiger partial charge on any atom is -0.462 e. The van der Waals surface area contributed by atoms with Crippen molar-refractivity contribution < 1.29 is 9.53 Å². The topological polar surface area (TPSA) is 56.1 Å². The number of benzene rings is 1. The summed E-state index contributed by atoms with van der Waals surface area (Å²) in [5.74, 6) is 0.292. The third kappa shape index (κ3) is 3.53. The van der Waals surface area contributed by atoms with E-state index in [2.05, 4.69) is 39.1 Å². The standard InChI is InChI=1S/C22H29N3O2/c1-22(2,3)21(26)27-20(15-8-10-23-11-9-15)12-18-16-6-4-5-7-17(16)19-13-24-14-25(18)19/h4-7,13-15,18,20,23H,8-12H2,1-3H3/t18-,20-/m0/s1. The molecule has 2 aliphatic heterocycles. The van der Waals surface area contributed by atoms with Crippen molar-refractivity contribution in [2.24, 2.45) is 11.3 Å². The van der Waals surface area contributed by atoms with Gasteiger partial charge in [-0.2, -0.15) is 0 Å². The Labute approximate surface area is 161 Å². The molecule has 0 spiro atoms. The van der Waals surface area contributed by atoms with Crippen molar-refractivity contribution in [3.05, 3.63) is 42.4 Å². The molecule has 2 aliphatic rings. The van der Waals surface area contributed by atoms with E-state index < -0.39 is 5.41 Å². The van der Waals surface area contributed by atoms with Crippen LogP contribution in [0.15, 0.2) is 36.8 Å². The summed E-state index contributed by atoms with van der Waals surface area (Å²) in [6, 6.07) is 8.68. The van der Waals surface area contributed by atoms with E-state index in [-0.39, 0.29) is 18.1 Å². The molecule has 0 bridgehead atoms. The Bertz CT molecular complexity index is 815. The monoisotopic (exact) mass is 367 g/mol. The van der Waals surface area contributed by atoms with Crippen molar-refractivity contribution in [2.75, 3.05) is 13.1 Å². The van der Waals surface area contributed by atoms with Crippen LogP contribution in [0.5, 0.6) is 0 Å². The van der Waals surface area contributed by atoms with Gasteiger partial charge in [0.2, 0.25) is 0 Å². The molecule has 4 rings (SSSR count). The smallest absolute Gasteiger partial charge is 0.311 e. The van der Waals surface area contributed by atoms with E-state index in [1.165, 1.54) is 11.1 Å². The first-order chi connectivity index (χ1) is 12.9. The Kier molecular flexibility index (Phi) is 4.81. The molecule has 1 N–H and O–H groups in total. The fourth-order valence-corrected chi connectivity index (χ4v) is 4.26. The first-order valence-electron chi connectivity index (χ1n) is 9.98. The first kappa shape index (κ1) is 18.2. The number of nitrogens with one attached hydrogen (secondary N) is 1. The molecule has 0 unspecified atom stereocenters. The summed E-state index contributed by atoms with van der Waals surface area (Å²) in [4.78, 5) is 17.0. The van der Waals surface area contributed by atoms with Crippen molar-refractivity contribution in [2.45, 2.75) is 52.2 Å². The lowest BCUT2D eigenvalue weighted by molar-refractivity contribution is -0.162. The van der Waals surface area contributed by atoms with Crippen molar-refractivity contribution >= 4 is 5.97 Å². The lowest BCUT2D eigenvalue weighted by atomic mass is 9.86. The molecule has 1 aromatic carbocycles. The van der Waals surface area contributed by atoms with Crippen LogP contribution in [0.1, 0.15) is 51.6 Å². The van der Waals surface area contributed by atoms with E-state index in [9.17, 15) is 4.79 Å². The summed E-state index contributed by atoms with van der Waals surface area (Å²) >= 11 is 0. The number of carbonyl (C=O) groups is 1. The Morgan fingerprint density at radius 1 is 1.30 bits per heavy atom. The minimum atomic E-state index is -0.487. The molecule has 27 heavy (non-hydrogen) atoms. The molecule has 5 nitrogen and oxygen atoms in total. The predicted octanol–water partition coefficient (Wildman–Crippen LogP) is 3.80. The second-order valence-corrected chi connectivity index (χ2v) is 8.81. The Hall–Kier alpha value is -2.14. The zero-order valence-corrected chi connectivity index (χ0v) is 16.4. The number of aromatic nitrogens is 2. The number of esters is 1. The number of piperidine rings is 1. The quantitative estimate of drug-likeness (QED) is 0.835. The maximum absolute atomic E-state index is 12.7. The van der Waals surface area contributed by atoms with E-state index >= 15 is 0 Å². The molecular formula is C22H29N3O2. The average molecular weight is 367 g/mol. The largest absolute Gasteiger partial charge is 0.462 e. The van der Waals surface area contributed by atoms with Crippen LogP contribution in [-0.2, 0) is 9.53 Å². The number of rotatable bonds is 4. The van der Waals surface area contributed by atoms with Gasteiger partial charge in [-0.05, 0) is 58.2 Å². The van der Waals surface area contributed by atoms with E-state index in [0.29, 0.717) is 5.92 Å². The molecule has 0 aliphatic carbocycles. The lowest BCUT2D eigenvalue weighted by Gasteiger charge is -2.34. The molecule has 1 fully saturated rings. The molecule has 2 atom stereocenters. The van der Waals surface area contributed by atoms with E-state index in [0.717, 1.165) is 38.0 Å². The second-order valence-electron chi connectivity index (χ2n) is 8.81. The van der Waals surface area contributed by atoms with Gasteiger partial charge in [-0.3, -0.25) is 4.79 Å². The molecule has 5 heteroatoms. The summed E-state index contributed by atoms with van der Waals surface area (Å²) in [5, 5.41) is 3.42. The van der Waals surface area contributed by atoms with Gasteiger partial charge < -0.3 is 14.6 Å². The van der Waals surface area contributed by atoms with Gasteiger partial charge in [0.05, 0.1) is 29.7 Å². The zero-order valence-electron chi connectivity index (χ0n) is 16.4. The number of imidazole rings is 1. The second kappa shape index (κ2) is 7.12. The zero-order chi connectivity index (χ0) is 19.0. The number of hydrogen-bond donors (Lipinski definition) is 1. The molecule has 1 saturated heterocycles. The van der Waals surface area contributed by atoms with Gasteiger partial charge >= 0.3 is 5.97 Å². The summed E-state index contributed by atoms with van der Waals surface area (Å²) in [6.45, 7) is 7.76. The normalized spacial score (nSPS) is 20.8. The van der Waals surface area contributed by atoms with Gasteiger partial charge in [-0.15, -0.1) is 0 Å². The van der Waals surface area contributed by atoms with Gasteiger partial charge in [-0.1, -0.05) is 24.3 Å². The van der Waals surface area contributed by atoms with Crippen LogP contribution in [0.25, 0.3) is 11.3 Å². The molecule has 144 valence electrons. The number of carbonyl (C=O) groups excluding carboxylic acids is 1.